The molecule has 0 spiro atoms. The quantitative estimate of drug-likeness (QED) is 0.915. The maximum absolute atomic E-state index is 12.1. The van der Waals surface area contributed by atoms with Crippen molar-refractivity contribution in [1.29, 1.82) is 0 Å². The van der Waals surface area contributed by atoms with E-state index in [4.69, 9.17) is 9.15 Å². The minimum absolute atomic E-state index is 0.115. The van der Waals surface area contributed by atoms with Crippen molar-refractivity contribution >= 4 is 5.91 Å². The first-order valence-corrected chi connectivity index (χ1v) is 7.08. The van der Waals surface area contributed by atoms with Crippen LogP contribution in [0.25, 0.3) is 0 Å². The molecule has 1 heterocycles. The summed E-state index contributed by atoms with van der Waals surface area (Å²) in [5, 5.41) is 2.91. The Morgan fingerprint density at radius 3 is 2.57 bits per heavy atom. The first-order chi connectivity index (χ1) is 10.0. The third-order valence-corrected chi connectivity index (χ3v) is 3.28. The molecule has 4 nitrogen and oxygen atoms in total. The zero-order valence-electron chi connectivity index (χ0n) is 12.9. The van der Waals surface area contributed by atoms with Crippen LogP contribution in [0.5, 0.6) is 5.75 Å². The number of amides is 1. The van der Waals surface area contributed by atoms with Gasteiger partial charge in [-0.3, -0.25) is 4.79 Å². The Kier molecular flexibility index (Phi) is 4.68. The van der Waals surface area contributed by atoms with E-state index in [0.29, 0.717) is 24.5 Å². The highest BCUT2D eigenvalue weighted by atomic mass is 16.5. The Balaban J connectivity index is 2.01. The number of carbonyl (C=O) groups is 1. The van der Waals surface area contributed by atoms with E-state index in [9.17, 15) is 4.79 Å². The van der Waals surface area contributed by atoms with Crippen molar-refractivity contribution in [3.8, 4) is 5.75 Å². The molecule has 0 aliphatic heterocycles. The van der Waals surface area contributed by atoms with Crippen molar-refractivity contribution in [2.75, 3.05) is 6.61 Å². The summed E-state index contributed by atoms with van der Waals surface area (Å²) < 4.78 is 10.9. The maximum Gasteiger partial charge on any atom is 0.255 e. The second kappa shape index (κ2) is 6.48. The van der Waals surface area contributed by atoms with Gasteiger partial charge in [0.2, 0.25) is 0 Å². The van der Waals surface area contributed by atoms with Crippen LogP contribution >= 0.6 is 0 Å². The lowest BCUT2D eigenvalue weighted by Crippen LogP contribution is -2.23. The van der Waals surface area contributed by atoms with E-state index in [2.05, 4.69) is 5.32 Å². The van der Waals surface area contributed by atoms with Crippen LogP contribution in [-0.4, -0.2) is 12.5 Å². The Bertz CT molecular complexity index is 643. The molecule has 1 aromatic carbocycles. The molecule has 2 aromatic rings. The lowest BCUT2D eigenvalue weighted by molar-refractivity contribution is 0.0949. The molecule has 0 radical (unpaired) electrons. The molecular formula is C17H21NO3. The van der Waals surface area contributed by atoms with Crippen LogP contribution in [0.3, 0.4) is 0 Å². The van der Waals surface area contributed by atoms with Crippen LogP contribution in [0.4, 0.5) is 0 Å². The SMILES string of the molecule is CCOc1ccc(CNC(=O)c2cc(C)oc2C)cc1C. The van der Waals surface area contributed by atoms with Crippen LogP contribution in [0.15, 0.2) is 28.7 Å². The molecule has 0 fully saturated rings. The van der Waals surface area contributed by atoms with Crippen molar-refractivity contribution in [2.24, 2.45) is 0 Å². The van der Waals surface area contributed by atoms with Crippen LogP contribution in [-0.2, 0) is 6.54 Å². The van der Waals surface area contributed by atoms with E-state index in [0.717, 1.165) is 22.6 Å². The first-order valence-electron chi connectivity index (χ1n) is 7.08. The monoisotopic (exact) mass is 287 g/mol. The second-order valence-corrected chi connectivity index (χ2v) is 5.04. The number of benzene rings is 1. The number of hydrogen-bond acceptors (Lipinski definition) is 3. The number of nitrogens with one attached hydrogen (secondary N) is 1. The second-order valence-electron chi connectivity index (χ2n) is 5.04. The van der Waals surface area contributed by atoms with Gasteiger partial charge in [0.1, 0.15) is 17.3 Å². The molecule has 0 aliphatic carbocycles. The summed E-state index contributed by atoms with van der Waals surface area (Å²) in [5.41, 5.74) is 2.70. The third kappa shape index (κ3) is 3.66. The molecule has 112 valence electrons. The standard InChI is InChI=1S/C17H21NO3/c1-5-20-16-7-6-14(8-11(16)2)10-18-17(19)15-9-12(3)21-13(15)4/h6-9H,5,10H2,1-4H3,(H,18,19). The summed E-state index contributed by atoms with van der Waals surface area (Å²) in [4.78, 5) is 12.1. The van der Waals surface area contributed by atoms with Crippen LogP contribution in [0.1, 0.15) is 39.9 Å². The fourth-order valence-electron chi connectivity index (χ4n) is 2.27. The van der Waals surface area contributed by atoms with Gasteiger partial charge in [0.15, 0.2) is 0 Å². The van der Waals surface area contributed by atoms with Crippen LogP contribution in [0.2, 0.25) is 0 Å². The smallest absolute Gasteiger partial charge is 0.255 e. The summed E-state index contributed by atoms with van der Waals surface area (Å²) in [6.45, 7) is 8.72. The van der Waals surface area contributed by atoms with E-state index in [-0.39, 0.29) is 5.91 Å². The van der Waals surface area contributed by atoms with Gasteiger partial charge in [-0.25, -0.2) is 0 Å². The summed E-state index contributed by atoms with van der Waals surface area (Å²) >= 11 is 0. The molecule has 0 aliphatic rings. The molecular weight excluding hydrogens is 266 g/mol. The van der Waals surface area contributed by atoms with E-state index in [1.54, 1.807) is 13.0 Å². The Hall–Kier alpha value is -2.23. The number of carbonyl (C=O) groups excluding carboxylic acids is 1. The topological polar surface area (TPSA) is 51.5 Å². The lowest BCUT2D eigenvalue weighted by Gasteiger charge is -2.10. The number of hydrogen-bond donors (Lipinski definition) is 1. The van der Waals surface area contributed by atoms with Gasteiger partial charge < -0.3 is 14.5 Å². The Labute approximate surface area is 125 Å². The number of rotatable bonds is 5. The van der Waals surface area contributed by atoms with E-state index < -0.39 is 0 Å². The molecule has 0 saturated carbocycles. The average molecular weight is 287 g/mol. The highest BCUT2D eigenvalue weighted by Crippen LogP contribution is 2.19. The van der Waals surface area contributed by atoms with Crippen molar-refractivity contribution in [1.82, 2.24) is 5.32 Å². The van der Waals surface area contributed by atoms with E-state index in [1.165, 1.54) is 0 Å². The van der Waals surface area contributed by atoms with Gasteiger partial charge >= 0.3 is 0 Å². The molecule has 0 saturated heterocycles. The highest BCUT2D eigenvalue weighted by molar-refractivity contribution is 5.95. The average Bonchev–Trinajstić information content (AvgIpc) is 2.78. The summed E-state index contributed by atoms with van der Waals surface area (Å²) in [6.07, 6.45) is 0. The van der Waals surface area contributed by atoms with Crippen LogP contribution in [0, 0.1) is 20.8 Å². The highest BCUT2D eigenvalue weighted by Gasteiger charge is 2.13. The minimum atomic E-state index is -0.115. The fraction of sp³-hybridized carbons (Fsp3) is 0.353. The maximum atomic E-state index is 12.1. The first kappa shape index (κ1) is 15.2. The predicted octanol–water partition coefficient (Wildman–Crippen LogP) is 3.53. The molecule has 1 N–H and O–H groups in total. The molecule has 2 rings (SSSR count). The Morgan fingerprint density at radius 1 is 1.24 bits per heavy atom. The number of furan rings is 1. The minimum Gasteiger partial charge on any atom is -0.494 e. The summed E-state index contributed by atoms with van der Waals surface area (Å²) in [7, 11) is 0. The van der Waals surface area contributed by atoms with Gasteiger partial charge in [-0.1, -0.05) is 12.1 Å². The molecule has 1 amide bonds. The number of ether oxygens (including phenoxy) is 1. The van der Waals surface area contributed by atoms with Crippen molar-refractivity contribution in [2.45, 2.75) is 34.2 Å². The zero-order chi connectivity index (χ0) is 15.4. The summed E-state index contributed by atoms with van der Waals surface area (Å²) in [6, 6.07) is 7.69. The number of aryl methyl sites for hydroxylation is 3. The zero-order valence-corrected chi connectivity index (χ0v) is 12.9. The van der Waals surface area contributed by atoms with E-state index >= 15 is 0 Å². The Morgan fingerprint density at radius 2 is 2.00 bits per heavy atom. The normalized spacial score (nSPS) is 10.5. The van der Waals surface area contributed by atoms with Gasteiger partial charge in [0, 0.05) is 6.54 Å². The van der Waals surface area contributed by atoms with Crippen LogP contribution < -0.4 is 10.1 Å². The fourth-order valence-corrected chi connectivity index (χ4v) is 2.27. The van der Waals surface area contributed by atoms with Gasteiger partial charge in [-0.15, -0.1) is 0 Å². The van der Waals surface area contributed by atoms with Crippen molar-refractivity contribution in [3.05, 3.63) is 52.5 Å². The summed E-state index contributed by atoms with van der Waals surface area (Å²) in [5.74, 6) is 2.16. The van der Waals surface area contributed by atoms with Gasteiger partial charge in [-0.05, 0) is 51.0 Å². The molecule has 0 atom stereocenters. The van der Waals surface area contributed by atoms with Crippen molar-refractivity contribution in [3.63, 3.8) is 0 Å². The van der Waals surface area contributed by atoms with Gasteiger partial charge in [-0.2, -0.15) is 0 Å². The molecule has 0 bridgehead atoms. The molecule has 21 heavy (non-hydrogen) atoms. The largest absolute Gasteiger partial charge is 0.494 e. The van der Waals surface area contributed by atoms with E-state index in [1.807, 2.05) is 39.0 Å². The van der Waals surface area contributed by atoms with Gasteiger partial charge in [0.05, 0.1) is 12.2 Å². The molecule has 1 aromatic heterocycles. The van der Waals surface area contributed by atoms with Gasteiger partial charge in [0.25, 0.3) is 5.91 Å². The van der Waals surface area contributed by atoms with Crippen molar-refractivity contribution < 1.29 is 13.9 Å². The molecule has 0 unspecified atom stereocenters. The third-order valence-electron chi connectivity index (χ3n) is 3.28. The predicted molar refractivity (Wildman–Crippen MR) is 81.7 cm³/mol. The lowest BCUT2D eigenvalue weighted by atomic mass is 10.1. The molecule has 4 heteroatoms.